The largest absolute Gasteiger partial charge is 0.352 e. The van der Waals surface area contributed by atoms with E-state index in [4.69, 9.17) is 9.42 Å². The summed E-state index contributed by atoms with van der Waals surface area (Å²) < 4.78 is 4.88. The van der Waals surface area contributed by atoms with Gasteiger partial charge in [-0.3, -0.25) is 0 Å². The summed E-state index contributed by atoms with van der Waals surface area (Å²) in [6, 6.07) is 0. The molecule has 0 radical (unpaired) electrons. The van der Waals surface area contributed by atoms with Crippen LogP contribution in [0.15, 0.2) is 12.2 Å². The van der Waals surface area contributed by atoms with E-state index in [1.165, 1.54) is 38.5 Å². The standard InChI is InChI=1S/C12H25O2P/c1-2-3-4-5-6-7-8-9-10-11-12-14-15-13/h3-4,13,15H,2,5-12H2,1H3/b4-3-. The Morgan fingerprint density at radius 1 is 1.00 bits per heavy atom. The van der Waals surface area contributed by atoms with Crippen molar-refractivity contribution in [2.24, 2.45) is 0 Å². The van der Waals surface area contributed by atoms with Gasteiger partial charge in [0, 0.05) is 0 Å². The molecular formula is C12H25O2P. The van der Waals surface area contributed by atoms with Crippen LogP contribution in [0.25, 0.3) is 0 Å². The number of unbranched alkanes of at least 4 members (excludes halogenated alkanes) is 6. The van der Waals surface area contributed by atoms with Gasteiger partial charge in [0.1, 0.15) is 0 Å². The lowest BCUT2D eigenvalue weighted by molar-refractivity contribution is 0.313. The second-order valence-corrected chi connectivity index (χ2v) is 4.20. The molecule has 0 rings (SSSR count). The topological polar surface area (TPSA) is 29.5 Å². The van der Waals surface area contributed by atoms with Crippen molar-refractivity contribution in [3.8, 4) is 0 Å². The van der Waals surface area contributed by atoms with E-state index < -0.39 is 0 Å². The second-order valence-electron chi connectivity index (χ2n) is 3.73. The minimum atomic E-state index is -0.338. The summed E-state index contributed by atoms with van der Waals surface area (Å²) in [5.74, 6) is 0. The fraction of sp³-hybridized carbons (Fsp3) is 0.833. The summed E-state index contributed by atoms with van der Waals surface area (Å²) in [7, 11) is -0.338. The monoisotopic (exact) mass is 232 g/mol. The molecule has 0 heterocycles. The molecule has 1 atom stereocenters. The van der Waals surface area contributed by atoms with Crippen molar-refractivity contribution in [1.29, 1.82) is 0 Å². The fourth-order valence-corrected chi connectivity index (χ4v) is 1.71. The zero-order valence-electron chi connectivity index (χ0n) is 9.87. The van der Waals surface area contributed by atoms with E-state index in [1.807, 2.05) is 0 Å². The molecule has 0 saturated heterocycles. The Hall–Kier alpha value is 0.0900. The quantitative estimate of drug-likeness (QED) is 0.328. The third-order valence-corrected chi connectivity index (χ3v) is 2.67. The molecule has 0 aromatic rings. The van der Waals surface area contributed by atoms with Gasteiger partial charge in [0.2, 0.25) is 0 Å². The molecule has 0 amide bonds. The molecule has 1 N–H and O–H groups in total. The normalized spacial score (nSPS) is 12.1. The molecule has 0 aromatic heterocycles. The molecule has 0 aromatic carbocycles. The van der Waals surface area contributed by atoms with Crippen molar-refractivity contribution in [3.05, 3.63) is 12.2 Å². The van der Waals surface area contributed by atoms with Crippen LogP contribution in [-0.4, -0.2) is 11.5 Å². The number of allylic oxidation sites excluding steroid dienone is 2. The molecule has 0 aliphatic carbocycles. The van der Waals surface area contributed by atoms with E-state index in [9.17, 15) is 0 Å². The van der Waals surface area contributed by atoms with Crippen LogP contribution in [0.2, 0.25) is 0 Å². The predicted octanol–water partition coefficient (Wildman–Crippen LogP) is 4.20. The van der Waals surface area contributed by atoms with Crippen LogP contribution in [0.1, 0.15) is 58.3 Å². The lowest BCUT2D eigenvalue weighted by atomic mass is 10.1. The molecule has 0 aliphatic rings. The molecule has 0 saturated carbocycles. The molecule has 3 heteroatoms. The van der Waals surface area contributed by atoms with Gasteiger partial charge in [0.05, 0.1) is 6.61 Å². The van der Waals surface area contributed by atoms with Crippen molar-refractivity contribution < 1.29 is 9.42 Å². The van der Waals surface area contributed by atoms with Gasteiger partial charge in [0.25, 0.3) is 0 Å². The highest BCUT2D eigenvalue weighted by molar-refractivity contribution is 7.24. The van der Waals surface area contributed by atoms with Gasteiger partial charge in [0.15, 0.2) is 9.03 Å². The number of hydrogen-bond acceptors (Lipinski definition) is 2. The van der Waals surface area contributed by atoms with Crippen molar-refractivity contribution in [2.75, 3.05) is 6.61 Å². The molecule has 0 fully saturated rings. The summed E-state index contributed by atoms with van der Waals surface area (Å²) in [6.45, 7) is 2.89. The lowest BCUT2D eigenvalue weighted by Gasteiger charge is -2.00. The lowest BCUT2D eigenvalue weighted by Crippen LogP contribution is -1.86. The van der Waals surface area contributed by atoms with Crippen molar-refractivity contribution in [3.63, 3.8) is 0 Å². The zero-order chi connectivity index (χ0) is 11.2. The molecule has 1 unspecified atom stereocenters. The Bertz CT molecular complexity index is 138. The SMILES string of the molecule is CC/C=C\CCCCCCCCOPO. The van der Waals surface area contributed by atoms with Crippen molar-refractivity contribution in [1.82, 2.24) is 0 Å². The highest BCUT2D eigenvalue weighted by atomic mass is 31.1. The first-order valence-corrected chi connectivity index (χ1v) is 6.93. The van der Waals surface area contributed by atoms with Crippen LogP contribution < -0.4 is 0 Å². The first-order chi connectivity index (χ1) is 7.41. The Morgan fingerprint density at radius 3 is 2.33 bits per heavy atom. The third kappa shape index (κ3) is 14.1. The van der Waals surface area contributed by atoms with Gasteiger partial charge in [-0.1, -0.05) is 44.8 Å². The minimum absolute atomic E-state index is 0.338. The first kappa shape index (κ1) is 15.1. The van der Waals surface area contributed by atoms with Gasteiger partial charge >= 0.3 is 0 Å². The maximum atomic E-state index is 8.41. The molecule has 2 nitrogen and oxygen atoms in total. The summed E-state index contributed by atoms with van der Waals surface area (Å²) in [5.41, 5.74) is 0. The van der Waals surface area contributed by atoms with E-state index in [0.717, 1.165) is 12.8 Å². The van der Waals surface area contributed by atoms with E-state index in [-0.39, 0.29) is 9.03 Å². The van der Waals surface area contributed by atoms with Crippen LogP contribution in [0.4, 0.5) is 0 Å². The van der Waals surface area contributed by atoms with Crippen LogP contribution >= 0.6 is 9.03 Å². The Labute approximate surface area is 96.1 Å². The van der Waals surface area contributed by atoms with Crippen LogP contribution in [0.3, 0.4) is 0 Å². The average Bonchev–Trinajstić information content (AvgIpc) is 2.26. The van der Waals surface area contributed by atoms with Gasteiger partial charge in [-0.25, -0.2) is 0 Å². The molecule has 0 aliphatic heterocycles. The highest BCUT2D eigenvalue weighted by Crippen LogP contribution is 2.10. The Morgan fingerprint density at radius 2 is 1.67 bits per heavy atom. The number of rotatable bonds is 11. The second kappa shape index (κ2) is 14.1. The Balaban J connectivity index is 2.89. The predicted molar refractivity (Wildman–Crippen MR) is 68.2 cm³/mol. The third-order valence-electron chi connectivity index (χ3n) is 2.33. The molecule has 15 heavy (non-hydrogen) atoms. The summed E-state index contributed by atoms with van der Waals surface area (Å²) >= 11 is 0. The number of hydrogen-bond donors (Lipinski definition) is 1. The molecule has 90 valence electrons. The first-order valence-electron chi connectivity index (χ1n) is 6.07. The summed E-state index contributed by atoms with van der Waals surface area (Å²) in [5, 5.41) is 0. The molecule has 0 bridgehead atoms. The van der Waals surface area contributed by atoms with E-state index in [1.54, 1.807) is 0 Å². The summed E-state index contributed by atoms with van der Waals surface area (Å²) in [6.07, 6.45) is 14.5. The smallest absolute Gasteiger partial charge is 0.152 e. The molecular weight excluding hydrogens is 207 g/mol. The van der Waals surface area contributed by atoms with Gasteiger partial charge in [-0.05, 0) is 25.7 Å². The van der Waals surface area contributed by atoms with Crippen molar-refractivity contribution in [2.45, 2.75) is 58.3 Å². The maximum Gasteiger partial charge on any atom is 0.152 e. The van der Waals surface area contributed by atoms with E-state index in [0.29, 0.717) is 6.61 Å². The maximum absolute atomic E-state index is 8.41. The Kier molecular flexibility index (Phi) is 14.2. The van der Waals surface area contributed by atoms with Gasteiger partial charge in [-0.15, -0.1) is 0 Å². The van der Waals surface area contributed by atoms with Gasteiger partial charge < -0.3 is 9.42 Å². The minimum Gasteiger partial charge on any atom is -0.352 e. The average molecular weight is 232 g/mol. The van der Waals surface area contributed by atoms with Crippen LogP contribution in [0.5, 0.6) is 0 Å². The zero-order valence-corrected chi connectivity index (χ0v) is 10.9. The molecule has 0 spiro atoms. The van der Waals surface area contributed by atoms with E-state index >= 15 is 0 Å². The van der Waals surface area contributed by atoms with Gasteiger partial charge in [-0.2, -0.15) is 0 Å². The fourth-order valence-electron chi connectivity index (χ4n) is 1.47. The van der Waals surface area contributed by atoms with Crippen molar-refractivity contribution >= 4 is 9.03 Å². The van der Waals surface area contributed by atoms with Crippen LogP contribution in [-0.2, 0) is 4.52 Å². The van der Waals surface area contributed by atoms with E-state index in [2.05, 4.69) is 19.1 Å². The highest BCUT2D eigenvalue weighted by Gasteiger charge is 1.91. The van der Waals surface area contributed by atoms with Crippen LogP contribution in [0, 0.1) is 0 Å². The summed E-state index contributed by atoms with van der Waals surface area (Å²) in [4.78, 5) is 8.41.